The molecule has 32 heavy (non-hydrogen) atoms. The Hall–Kier alpha value is -3.15. The van der Waals surface area contributed by atoms with Crippen LogP contribution in [0.5, 0.6) is 11.5 Å². The number of ether oxygens (including phenoxy) is 2. The molecule has 7 heteroatoms. The van der Waals surface area contributed by atoms with Gasteiger partial charge in [0.1, 0.15) is 17.9 Å². The van der Waals surface area contributed by atoms with Gasteiger partial charge in [-0.15, -0.1) is 0 Å². The van der Waals surface area contributed by atoms with Gasteiger partial charge in [0.25, 0.3) is 5.91 Å². The minimum absolute atomic E-state index is 0.237. The Morgan fingerprint density at radius 1 is 1.03 bits per heavy atom. The molecule has 0 aliphatic rings. The normalized spacial score (nSPS) is 10.8. The first-order valence-corrected chi connectivity index (χ1v) is 10.9. The largest absolute Gasteiger partial charge is 0.494 e. The zero-order chi connectivity index (χ0) is 22.5. The van der Waals surface area contributed by atoms with Crippen molar-refractivity contribution in [3.05, 3.63) is 93.6 Å². The molecule has 0 aliphatic carbocycles. The molecule has 164 valence electrons. The molecule has 0 spiro atoms. The van der Waals surface area contributed by atoms with E-state index >= 15 is 0 Å². The number of aromatic amines is 1. The average molecular weight is 469 g/mol. The number of fused-ring (bicyclic) bond motifs is 1. The first kappa shape index (κ1) is 22.1. The number of H-pyrrole nitrogens is 1. The zero-order valence-electron chi connectivity index (χ0n) is 17.5. The van der Waals surface area contributed by atoms with E-state index in [0.29, 0.717) is 29.6 Å². The van der Waals surface area contributed by atoms with Crippen molar-refractivity contribution in [2.75, 3.05) is 13.7 Å². The number of hydrogen-bond acceptors (Lipinski definition) is 3. The van der Waals surface area contributed by atoms with Crippen LogP contribution < -0.4 is 14.8 Å². The Morgan fingerprint density at radius 3 is 2.59 bits per heavy atom. The van der Waals surface area contributed by atoms with Crippen molar-refractivity contribution in [1.29, 1.82) is 0 Å². The minimum Gasteiger partial charge on any atom is -0.494 e. The van der Waals surface area contributed by atoms with E-state index in [1.54, 1.807) is 12.1 Å². The van der Waals surface area contributed by atoms with Crippen LogP contribution in [-0.2, 0) is 13.0 Å². The summed E-state index contributed by atoms with van der Waals surface area (Å²) in [4.78, 5) is 15.9. The van der Waals surface area contributed by atoms with Crippen molar-refractivity contribution in [3.8, 4) is 11.5 Å². The minimum atomic E-state index is -0.328. The molecule has 0 radical (unpaired) electrons. The number of carbonyl (C=O) groups is 1. The molecule has 4 rings (SSSR count). The summed E-state index contributed by atoms with van der Waals surface area (Å²) in [5.41, 5.74) is 3.43. The summed E-state index contributed by atoms with van der Waals surface area (Å²) in [6, 6.07) is 19.2. The Kier molecular flexibility index (Phi) is 6.88. The number of rotatable bonds is 8. The first-order valence-electron chi connectivity index (χ1n) is 10.1. The number of amides is 1. The van der Waals surface area contributed by atoms with E-state index in [4.69, 9.17) is 32.7 Å². The zero-order valence-corrected chi connectivity index (χ0v) is 19.0. The van der Waals surface area contributed by atoms with Crippen molar-refractivity contribution < 1.29 is 14.3 Å². The maximum atomic E-state index is 12.7. The number of methoxy groups -OCH3 is 1. The number of hydrogen-bond donors (Lipinski definition) is 2. The second-order valence-corrected chi connectivity index (χ2v) is 8.05. The van der Waals surface area contributed by atoms with E-state index in [-0.39, 0.29) is 17.2 Å². The predicted octanol–water partition coefficient (Wildman–Crippen LogP) is 6.03. The molecule has 1 amide bonds. The van der Waals surface area contributed by atoms with Crippen LogP contribution in [0.15, 0.2) is 66.9 Å². The molecule has 0 unspecified atom stereocenters. The molecule has 0 saturated heterocycles. The lowest BCUT2D eigenvalue weighted by Crippen LogP contribution is -2.26. The molecule has 0 saturated carbocycles. The Balaban J connectivity index is 1.39. The van der Waals surface area contributed by atoms with Crippen molar-refractivity contribution >= 4 is 40.0 Å². The summed E-state index contributed by atoms with van der Waals surface area (Å²) in [7, 11) is 1.46. The maximum absolute atomic E-state index is 12.7. The second kappa shape index (κ2) is 9.98. The number of carbonyl (C=O) groups excluding carboxylic acids is 1. The fourth-order valence-electron chi connectivity index (χ4n) is 3.55. The molecular formula is C25H22Cl2N2O3. The van der Waals surface area contributed by atoms with E-state index in [1.807, 2.05) is 54.7 Å². The smallest absolute Gasteiger partial charge is 0.256 e. The standard InChI is InChI=1S/C25H22Cl2N2O3/c1-31-24-21(27)10-9-20(26)23(24)25(30)28-12-11-17-14-29-22-13-18(7-8-19(17)22)32-15-16-5-3-2-4-6-16/h2-10,13-14,29H,11-12,15H2,1H3,(H,28,30). The monoisotopic (exact) mass is 468 g/mol. The van der Waals surface area contributed by atoms with Gasteiger partial charge < -0.3 is 19.8 Å². The number of halogens is 2. The molecule has 0 atom stereocenters. The topological polar surface area (TPSA) is 63.3 Å². The lowest BCUT2D eigenvalue weighted by atomic mass is 10.1. The van der Waals surface area contributed by atoms with Crippen LogP contribution in [0.3, 0.4) is 0 Å². The van der Waals surface area contributed by atoms with Gasteiger partial charge in [-0.1, -0.05) is 53.5 Å². The summed E-state index contributed by atoms with van der Waals surface area (Å²) in [6.45, 7) is 0.950. The highest BCUT2D eigenvalue weighted by molar-refractivity contribution is 6.37. The molecule has 0 fully saturated rings. The fourth-order valence-corrected chi connectivity index (χ4v) is 4.02. The molecule has 5 nitrogen and oxygen atoms in total. The van der Waals surface area contributed by atoms with Gasteiger partial charge in [0, 0.05) is 29.7 Å². The third-order valence-corrected chi connectivity index (χ3v) is 5.77. The number of nitrogens with one attached hydrogen (secondary N) is 2. The Bertz CT molecular complexity index is 1240. The molecule has 0 aliphatic heterocycles. The average Bonchev–Trinajstić information content (AvgIpc) is 3.21. The molecule has 1 heterocycles. The van der Waals surface area contributed by atoms with Crippen LogP contribution in [0.2, 0.25) is 10.0 Å². The summed E-state index contributed by atoms with van der Waals surface area (Å²) >= 11 is 12.3. The van der Waals surface area contributed by atoms with Crippen LogP contribution >= 0.6 is 23.2 Å². The number of benzene rings is 3. The number of aromatic nitrogens is 1. The van der Waals surface area contributed by atoms with E-state index < -0.39 is 0 Å². The lowest BCUT2D eigenvalue weighted by Gasteiger charge is -2.12. The Morgan fingerprint density at radius 2 is 1.81 bits per heavy atom. The molecule has 4 aromatic rings. The summed E-state index contributed by atoms with van der Waals surface area (Å²) in [5.74, 6) is 0.739. The molecule has 3 aromatic carbocycles. The quantitative estimate of drug-likeness (QED) is 0.331. The SMILES string of the molecule is COc1c(Cl)ccc(Cl)c1C(=O)NCCc1c[nH]c2cc(OCc3ccccc3)ccc12. The van der Waals surface area contributed by atoms with Crippen molar-refractivity contribution in [2.45, 2.75) is 13.0 Å². The van der Waals surface area contributed by atoms with Gasteiger partial charge in [-0.25, -0.2) is 0 Å². The van der Waals surface area contributed by atoms with Crippen LogP contribution in [0, 0.1) is 0 Å². The van der Waals surface area contributed by atoms with Gasteiger partial charge in [-0.2, -0.15) is 0 Å². The first-order chi connectivity index (χ1) is 15.6. The molecular weight excluding hydrogens is 447 g/mol. The summed E-state index contributed by atoms with van der Waals surface area (Å²) in [5, 5.41) is 4.61. The van der Waals surface area contributed by atoms with Crippen LogP contribution in [0.1, 0.15) is 21.5 Å². The van der Waals surface area contributed by atoms with Crippen molar-refractivity contribution in [3.63, 3.8) is 0 Å². The predicted molar refractivity (Wildman–Crippen MR) is 128 cm³/mol. The second-order valence-electron chi connectivity index (χ2n) is 7.24. The Labute approximate surface area is 196 Å². The van der Waals surface area contributed by atoms with Crippen molar-refractivity contribution in [1.82, 2.24) is 10.3 Å². The maximum Gasteiger partial charge on any atom is 0.256 e. The van der Waals surface area contributed by atoms with Gasteiger partial charge in [0.05, 0.1) is 17.2 Å². The highest BCUT2D eigenvalue weighted by Gasteiger charge is 2.19. The van der Waals surface area contributed by atoms with E-state index in [0.717, 1.165) is 27.8 Å². The van der Waals surface area contributed by atoms with E-state index in [1.165, 1.54) is 7.11 Å². The third-order valence-electron chi connectivity index (χ3n) is 5.16. The van der Waals surface area contributed by atoms with Crippen molar-refractivity contribution in [2.24, 2.45) is 0 Å². The molecule has 0 bridgehead atoms. The summed E-state index contributed by atoms with van der Waals surface area (Å²) in [6.07, 6.45) is 2.60. The van der Waals surface area contributed by atoms with Crippen LogP contribution in [-0.4, -0.2) is 24.5 Å². The van der Waals surface area contributed by atoms with Crippen LogP contribution in [0.4, 0.5) is 0 Å². The fraction of sp³-hybridized carbons (Fsp3) is 0.160. The van der Waals surface area contributed by atoms with Gasteiger partial charge in [-0.05, 0) is 41.8 Å². The summed E-state index contributed by atoms with van der Waals surface area (Å²) < 4.78 is 11.2. The third kappa shape index (κ3) is 4.85. The lowest BCUT2D eigenvalue weighted by molar-refractivity contribution is 0.0951. The molecule has 2 N–H and O–H groups in total. The van der Waals surface area contributed by atoms with E-state index in [2.05, 4.69) is 10.3 Å². The highest BCUT2D eigenvalue weighted by Crippen LogP contribution is 2.33. The van der Waals surface area contributed by atoms with Gasteiger partial charge >= 0.3 is 0 Å². The van der Waals surface area contributed by atoms with Gasteiger partial charge in [0.2, 0.25) is 0 Å². The van der Waals surface area contributed by atoms with Gasteiger partial charge in [-0.3, -0.25) is 4.79 Å². The van der Waals surface area contributed by atoms with Gasteiger partial charge in [0.15, 0.2) is 5.75 Å². The molecule has 1 aromatic heterocycles. The highest BCUT2D eigenvalue weighted by atomic mass is 35.5. The van der Waals surface area contributed by atoms with Crippen LogP contribution in [0.25, 0.3) is 10.9 Å². The van der Waals surface area contributed by atoms with E-state index in [9.17, 15) is 4.79 Å².